The van der Waals surface area contributed by atoms with E-state index >= 15 is 0 Å². The van der Waals surface area contributed by atoms with Gasteiger partial charge in [-0.2, -0.15) is 0 Å². The van der Waals surface area contributed by atoms with Crippen molar-refractivity contribution in [3.63, 3.8) is 0 Å². The smallest absolute Gasteiger partial charge is 0.153 e. The van der Waals surface area contributed by atoms with Gasteiger partial charge < -0.3 is 10.1 Å². The second-order valence-electron chi connectivity index (χ2n) is 5.09. The zero-order valence-corrected chi connectivity index (χ0v) is 13.0. The fourth-order valence-electron chi connectivity index (χ4n) is 2.57. The fourth-order valence-corrected chi connectivity index (χ4v) is 3.20. The third-order valence-corrected chi connectivity index (χ3v) is 5.41. The normalized spacial score (nSPS) is 18.0. The average molecular weight is 297 g/mol. The lowest BCUT2D eigenvalue weighted by molar-refractivity contribution is 0.340. The van der Waals surface area contributed by atoms with Crippen molar-refractivity contribution < 1.29 is 13.2 Å². The third kappa shape index (κ3) is 3.73. The van der Waals surface area contributed by atoms with Crippen molar-refractivity contribution in [2.45, 2.75) is 32.7 Å². The molecule has 1 N–H and O–H groups in total. The molecule has 0 fully saturated rings. The summed E-state index contributed by atoms with van der Waals surface area (Å²) in [5.74, 6) is 1.03. The first-order chi connectivity index (χ1) is 9.55. The Morgan fingerprint density at radius 1 is 1.35 bits per heavy atom. The molecule has 1 aromatic rings. The molecule has 1 aliphatic rings. The van der Waals surface area contributed by atoms with Crippen LogP contribution in [0.25, 0.3) is 0 Å². The van der Waals surface area contributed by atoms with E-state index in [0.717, 1.165) is 25.1 Å². The molecule has 0 spiro atoms. The number of hydrogen-bond acceptors (Lipinski definition) is 4. The minimum Gasteiger partial charge on any atom is -0.493 e. The lowest BCUT2D eigenvalue weighted by Gasteiger charge is -2.13. The van der Waals surface area contributed by atoms with Gasteiger partial charge in [0.25, 0.3) is 0 Å². The molecular formula is C15H23NO3S. The minimum atomic E-state index is -2.95. The lowest BCUT2D eigenvalue weighted by Crippen LogP contribution is -2.18. The summed E-state index contributed by atoms with van der Waals surface area (Å²) in [4.78, 5) is 0. The maximum atomic E-state index is 11.4. The highest BCUT2D eigenvalue weighted by atomic mass is 32.2. The highest BCUT2D eigenvalue weighted by Gasteiger charge is 2.21. The Balaban J connectivity index is 1.96. The molecule has 112 valence electrons. The molecule has 20 heavy (non-hydrogen) atoms. The van der Waals surface area contributed by atoms with Crippen molar-refractivity contribution in [3.05, 3.63) is 29.3 Å². The first-order valence-electron chi connectivity index (χ1n) is 7.25. The van der Waals surface area contributed by atoms with E-state index in [0.29, 0.717) is 6.04 Å². The summed E-state index contributed by atoms with van der Waals surface area (Å²) in [7, 11) is -2.95. The van der Waals surface area contributed by atoms with Crippen molar-refractivity contribution >= 4 is 9.84 Å². The van der Waals surface area contributed by atoms with E-state index < -0.39 is 9.84 Å². The van der Waals surface area contributed by atoms with Crippen LogP contribution < -0.4 is 10.1 Å². The Hall–Kier alpha value is -1.07. The van der Waals surface area contributed by atoms with E-state index in [2.05, 4.69) is 18.3 Å². The van der Waals surface area contributed by atoms with E-state index in [4.69, 9.17) is 4.74 Å². The summed E-state index contributed by atoms with van der Waals surface area (Å²) in [6, 6.07) is 6.53. The van der Waals surface area contributed by atoms with E-state index in [-0.39, 0.29) is 18.1 Å². The molecule has 0 heterocycles. The van der Waals surface area contributed by atoms with Gasteiger partial charge in [-0.3, -0.25) is 0 Å². The molecule has 5 heteroatoms. The number of hydrogen-bond donors (Lipinski definition) is 1. The number of sulfone groups is 1. The lowest BCUT2D eigenvalue weighted by atomic mass is 10.1. The standard InChI is InChI=1S/C15H23NO3S/c1-3-16-15-8-5-12-11-13(6-7-14(12)15)19-9-10-20(17,18)4-2/h6-7,11,15-16H,3-5,8-10H2,1-2H3. The second-order valence-corrected chi connectivity index (χ2v) is 7.57. The van der Waals surface area contributed by atoms with Crippen LogP contribution in [0.4, 0.5) is 0 Å². The Labute approximate surface area is 121 Å². The van der Waals surface area contributed by atoms with Crippen LogP contribution >= 0.6 is 0 Å². The van der Waals surface area contributed by atoms with Gasteiger partial charge in [-0.1, -0.05) is 19.9 Å². The molecule has 0 aliphatic heterocycles. The van der Waals surface area contributed by atoms with Crippen LogP contribution in [0.5, 0.6) is 5.75 Å². The molecule has 0 saturated carbocycles. The van der Waals surface area contributed by atoms with E-state index in [1.165, 1.54) is 11.1 Å². The molecule has 0 bridgehead atoms. The monoisotopic (exact) mass is 297 g/mol. The quantitative estimate of drug-likeness (QED) is 0.837. The largest absolute Gasteiger partial charge is 0.493 e. The van der Waals surface area contributed by atoms with Crippen LogP contribution in [-0.2, 0) is 16.3 Å². The summed E-state index contributed by atoms with van der Waals surface area (Å²) in [6.45, 7) is 4.97. The van der Waals surface area contributed by atoms with Gasteiger partial charge in [0.15, 0.2) is 9.84 Å². The summed E-state index contributed by atoms with van der Waals surface area (Å²) in [5, 5.41) is 3.47. The molecule has 1 aromatic carbocycles. The summed E-state index contributed by atoms with van der Waals surface area (Å²) in [6.07, 6.45) is 2.17. The topological polar surface area (TPSA) is 55.4 Å². The Bertz CT molecular complexity index is 554. The van der Waals surface area contributed by atoms with Gasteiger partial charge in [-0.25, -0.2) is 8.42 Å². The van der Waals surface area contributed by atoms with Crippen molar-refractivity contribution in [2.75, 3.05) is 24.7 Å². The van der Waals surface area contributed by atoms with Gasteiger partial charge in [-0.15, -0.1) is 0 Å². The van der Waals surface area contributed by atoms with Crippen LogP contribution in [-0.4, -0.2) is 33.1 Å². The van der Waals surface area contributed by atoms with E-state index in [1.807, 2.05) is 12.1 Å². The molecule has 1 unspecified atom stereocenters. The zero-order valence-electron chi connectivity index (χ0n) is 12.2. The van der Waals surface area contributed by atoms with Crippen LogP contribution in [0, 0.1) is 0 Å². The highest BCUT2D eigenvalue weighted by molar-refractivity contribution is 7.91. The van der Waals surface area contributed by atoms with Gasteiger partial charge in [0, 0.05) is 11.8 Å². The van der Waals surface area contributed by atoms with Crippen LogP contribution in [0.2, 0.25) is 0 Å². The van der Waals surface area contributed by atoms with Gasteiger partial charge in [0.2, 0.25) is 0 Å². The first-order valence-corrected chi connectivity index (χ1v) is 9.07. The van der Waals surface area contributed by atoms with Crippen LogP contribution in [0.1, 0.15) is 37.4 Å². The molecule has 1 aliphatic carbocycles. The number of nitrogens with one attached hydrogen (secondary N) is 1. The molecule has 0 radical (unpaired) electrons. The Morgan fingerprint density at radius 3 is 2.85 bits per heavy atom. The maximum absolute atomic E-state index is 11.4. The minimum absolute atomic E-state index is 0.0839. The number of benzene rings is 1. The average Bonchev–Trinajstić information content (AvgIpc) is 2.82. The molecule has 4 nitrogen and oxygen atoms in total. The van der Waals surface area contributed by atoms with E-state index in [1.54, 1.807) is 6.92 Å². The van der Waals surface area contributed by atoms with Crippen molar-refractivity contribution in [1.82, 2.24) is 5.32 Å². The predicted octanol–water partition coefficient (Wildman–Crippen LogP) is 2.10. The zero-order chi connectivity index (χ0) is 14.6. The van der Waals surface area contributed by atoms with E-state index in [9.17, 15) is 8.42 Å². The molecule has 0 aromatic heterocycles. The molecular weight excluding hydrogens is 274 g/mol. The number of rotatable bonds is 7. The van der Waals surface area contributed by atoms with Gasteiger partial charge in [0.1, 0.15) is 12.4 Å². The van der Waals surface area contributed by atoms with Gasteiger partial charge >= 0.3 is 0 Å². The summed E-state index contributed by atoms with van der Waals surface area (Å²) >= 11 is 0. The Morgan fingerprint density at radius 2 is 2.15 bits per heavy atom. The summed E-state index contributed by atoms with van der Waals surface area (Å²) in [5.41, 5.74) is 2.66. The molecule has 2 rings (SSSR count). The SMILES string of the molecule is CCNC1CCc2cc(OCCS(=O)(=O)CC)ccc21. The van der Waals surface area contributed by atoms with Crippen molar-refractivity contribution in [1.29, 1.82) is 0 Å². The Kier molecular flexibility index (Phi) is 5.05. The van der Waals surface area contributed by atoms with Crippen molar-refractivity contribution in [3.8, 4) is 5.75 Å². The van der Waals surface area contributed by atoms with Gasteiger partial charge in [0.05, 0.1) is 5.75 Å². The number of ether oxygens (including phenoxy) is 1. The molecule has 0 amide bonds. The van der Waals surface area contributed by atoms with Crippen LogP contribution in [0.15, 0.2) is 18.2 Å². The second kappa shape index (κ2) is 6.59. The fraction of sp³-hybridized carbons (Fsp3) is 0.600. The van der Waals surface area contributed by atoms with Crippen molar-refractivity contribution in [2.24, 2.45) is 0 Å². The maximum Gasteiger partial charge on any atom is 0.153 e. The molecule has 0 saturated heterocycles. The first kappa shape index (κ1) is 15.3. The van der Waals surface area contributed by atoms with Crippen LogP contribution in [0.3, 0.4) is 0 Å². The summed E-state index contributed by atoms with van der Waals surface area (Å²) < 4.78 is 28.4. The van der Waals surface area contributed by atoms with Gasteiger partial charge in [-0.05, 0) is 42.6 Å². The number of aryl methyl sites for hydroxylation is 1. The molecule has 1 atom stereocenters. The highest BCUT2D eigenvalue weighted by Crippen LogP contribution is 2.33. The number of fused-ring (bicyclic) bond motifs is 1. The predicted molar refractivity (Wildman–Crippen MR) is 81.0 cm³/mol. The third-order valence-electron chi connectivity index (χ3n) is 3.75.